The molecule has 8 nitrogen and oxygen atoms in total. The molecule has 0 unspecified atom stereocenters. The molecule has 0 spiro atoms. The quantitative estimate of drug-likeness (QED) is 0.505. The summed E-state index contributed by atoms with van der Waals surface area (Å²) in [5.74, 6) is -1.44. The minimum absolute atomic E-state index is 0.0266. The number of benzene rings is 1. The Kier molecular flexibility index (Phi) is 5.23. The monoisotopic (exact) mass is 345 g/mol. The Labute approximate surface area is 140 Å². The fourth-order valence-corrected chi connectivity index (χ4v) is 2.44. The molecule has 2 aromatic rings. The maximum Gasteiger partial charge on any atom is 0.349 e. The number of nitro groups is 1. The molecule has 1 aromatic heterocycles. The van der Waals surface area contributed by atoms with Gasteiger partial charge in [-0.05, 0) is 25.1 Å². The molecule has 1 atom stereocenters. The van der Waals surface area contributed by atoms with E-state index in [1.54, 1.807) is 18.2 Å². The number of hydrogen-bond acceptors (Lipinski definition) is 7. The van der Waals surface area contributed by atoms with E-state index in [4.69, 9.17) is 10.00 Å². The molecule has 122 valence electrons. The van der Waals surface area contributed by atoms with E-state index in [1.165, 1.54) is 25.1 Å². The van der Waals surface area contributed by atoms with Crippen molar-refractivity contribution >= 4 is 33.9 Å². The first-order valence-electron chi connectivity index (χ1n) is 6.67. The number of nitrogens with zero attached hydrogens (tertiary/aromatic N) is 2. The molecular weight excluding hydrogens is 334 g/mol. The number of ether oxygens (including phenoxy) is 1. The third-order valence-electron chi connectivity index (χ3n) is 2.93. The van der Waals surface area contributed by atoms with Crippen molar-refractivity contribution in [1.82, 2.24) is 0 Å². The third-order valence-corrected chi connectivity index (χ3v) is 3.95. The van der Waals surface area contributed by atoms with Crippen molar-refractivity contribution in [2.75, 3.05) is 5.32 Å². The molecule has 0 saturated heterocycles. The molecule has 0 aliphatic rings. The van der Waals surface area contributed by atoms with Crippen molar-refractivity contribution in [3.05, 3.63) is 57.0 Å². The molecule has 1 amide bonds. The summed E-state index contributed by atoms with van der Waals surface area (Å²) in [4.78, 5) is 34.0. The summed E-state index contributed by atoms with van der Waals surface area (Å²) in [5.41, 5.74) is 0.581. The summed E-state index contributed by atoms with van der Waals surface area (Å²) >= 11 is 0.664. The Morgan fingerprint density at radius 3 is 2.67 bits per heavy atom. The van der Waals surface area contributed by atoms with Crippen molar-refractivity contribution in [3.8, 4) is 6.07 Å². The van der Waals surface area contributed by atoms with Crippen molar-refractivity contribution < 1.29 is 19.2 Å². The first kappa shape index (κ1) is 17.1. The van der Waals surface area contributed by atoms with Crippen LogP contribution in [0.15, 0.2) is 36.4 Å². The van der Waals surface area contributed by atoms with E-state index in [1.807, 2.05) is 6.07 Å². The van der Waals surface area contributed by atoms with Crippen LogP contribution in [-0.2, 0) is 9.53 Å². The second-order valence-corrected chi connectivity index (χ2v) is 5.65. The highest BCUT2D eigenvalue weighted by Crippen LogP contribution is 2.25. The summed E-state index contributed by atoms with van der Waals surface area (Å²) in [7, 11) is 0. The highest BCUT2D eigenvalue weighted by atomic mass is 32.1. The summed E-state index contributed by atoms with van der Waals surface area (Å²) in [5, 5.41) is 21.9. The molecule has 1 heterocycles. The van der Waals surface area contributed by atoms with E-state index in [0.717, 1.165) is 0 Å². The van der Waals surface area contributed by atoms with Crippen LogP contribution in [0.3, 0.4) is 0 Å². The van der Waals surface area contributed by atoms with Gasteiger partial charge in [0.1, 0.15) is 10.9 Å². The van der Waals surface area contributed by atoms with Crippen LogP contribution in [0.5, 0.6) is 0 Å². The van der Waals surface area contributed by atoms with Gasteiger partial charge in [0.2, 0.25) is 0 Å². The Morgan fingerprint density at radius 1 is 1.33 bits per heavy atom. The predicted octanol–water partition coefficient (Wildman–Crippen LogP) is 2.71. The standard InChI is InChI=1S/C15H11N3O5S/c1-9(14(19)17-11-5-3-2-4-10(11)8-16)23-15(20)12-6-7-13(24-12)18(21)22/h2-7,9H,1H3,(H,17,19)/t9-/m1/s1. The zero-order chi connectivity index (χ0) is 17.7. The van der Waals surface area contributed by atoms with E-state index < -0.39 is 22.9 Å². The lowest BCUT2D eigenvalue weighted by Crippen LogP contribution is -2.30. The molecule has 9 heteroatoms. The van der Waals surface area contributed by atoms with Crippen molar-refractivity contribution in [2.45, 2.75) is 13.0 Å². The Morgan fingerprint density at radius 2 is 2.04 bits per heavy atom. The second-order valence-electron chi connectivity index (χ2n) is 4.59. The molecule has 0 fully saturated rings. The van der Waals surface area contributed by atoms with Crippen LogP contribution in [0, 0.1) is 21.4 Å². The van der Waals surface area contributed by atoms with Gasteiger partial charge in [-0.3, -0.25) is 14.9 Å². The third kappa shape index (κ3) is 3.93. The van der Waals surface area contributed by atoms with E-state index in [9.17, 15) is 19.7 Å². The number of hydrogen-bond donors (Lipinski definition) is 1. The molecule has 0 aliphatic heterocycles. The zero-order valence-electron chi connectivity index (χ0n) is 12.4. The van der Waals surface area contributed by atoms with Gasteiger partial charge in [0.15, 0.2) is 6.10 Å². The lowest BCUT2D eigenvalue weighted by Gasteiger charge is -2.13. The van der Waals surface area contributed by atoms with Crippen LogP contribution in [-0.4, -0.2) is 22.9 Å². The van der Waals surface area contributed by atoms with Gasteiger partial charge in [0, 0.05) is 6.07 Å². The molecule has 0 aliphatic carbocycles. The summed E-state index contributed by atoms with van der Waals surface area (Å²) in [6, 6.07) is 10.8. The number of anilines is 1. The van der Waals surface area contributed by atoms with Gasteiger partial charge in [-0.1, -0.05) is 23.5 Å². The Balaban J connectivity index is 2.01. The van der Waals surface area contributed by atoms with Gasteiger partial charge < -0.3 is 10.1 Å². The number of esters is 1. The van der Waals surface area contributed by atoms with Crippen molar-refractivity contribution in [2.24, 2.45) is 0 Å². The normalized spacial score (nSPS) is 11.2. The van der Waals surface area contributed by atoms with E-state index >= 15 is 0 Å². The molecule has 2 rings (SSSR count). The average Bonchev–Trinajstić information content (AvgIpc) is 3.05. The minimum Gasteiger partial charge on any atom is -0.448 e. The van der Waals surface area contributed by atoms with Crippen LogP contribution in [0.1, 0.15) is 22.2 Å². The number of rotatable bonds is 5. The smallest absolute Gasteiger partial charge is 0.349 e. The number of nitrogens with one attached hydrogen (secondary N) is 1. The molecule has 0 radical (unpaired) electrons. The second kappa shape index (κ2) is 7.34. The lowest BCUT2D eigenvalue weighted by atomic mass is 10.2. The van der Waals surface area contributed by atoms with Gasteiger partial charge in [-0.2, -0.15) is 5.26 Å². The molecule has 24 heavy (non-hydrogen) atoms. The fraction of sp³-hybridized carbons (Fsp3) is 0.133. The SMILES string of the molecule is C[C@@H](OC(=O)c1ccc([N+](=O)[O-])s1)C(=O)Nc1ccccc1C#N. The highest BCUT2D eigenvalue weighted by molar-refractivity contribution is 7.17. The van der Waals surface area contributed by atoms with Gasteiger partial charge >= 0.3 is 11.0 Å². The summed E-state index contributed by atoms with van der Waals surface area (Å²) < 4.78 is 4.99. The minimum atomic E-state index is -1.13. The number of carbonyl (C=O) groups is 2. The van der Waals surface area contributed by atoms with Gasteiger partial charge in [0.25, 0.3) is 5.91 Å². The fourth-order valence-electron chi connectivity index (χ4n) is 1.73. The first-order valence-corrected chi connectivity index (χ1v) is 7.49. The molecule has 0 saturated carbocycles. The number of carbonyl (C=O) groups excluding carboxylic acids is 2. The van der Waals surface area contributed by atoms with Gasteiger partial charge in [-0.25, -0.2) is 4.79 Å². The zero-order valence-corrected chi connectivity index (χ0v) is 13.2. The average molecular weight is 345 g/mol. The molecule has 1 N–H and O–H groups in total. The number of amides is 1. The van der Waals surface area contributed by atoms with Gasteiger partial charge in [-0.15, -0.1) is 0 Å². The predicted molar refractivity (Wildman–Crippen MR) is 85.6 cm³/mol. The maximum absolute atomic E-state index is 12.1. The number of para-hydroxylation sites is 1. The first-order chi connectivity index (χ1) is 11.4. The highest BCUT2D eigenvalue weighted by Gasteiger charge is 2.22. The van der Waals surface area contributed by atoms with Crippen molar-refractivity contribution in [1.29, 1.82) is 5.26 Å². The van der Waals surface area contributed by atoms with Crippen molar-refractivity contribution in [3.63, 3.8) is 0 Å². The van der Waals surface area contributed by atoms with E-state index in [-0.39, 0.29) is 15.4 Å². The molecular formula is C15H11N3O5S. The maximum atomic E-state index is 12.1. The molecule has 0 bridgehead atoms. The number of thiophene rings is 1. The topological polar surface area (TPSA) is 122 Å². The Bertz CT molecular complexity index is 840. The Hall–Kier alpha value is -3.25. The summed E-state index contributed by atoms with van der Waals surface area (Å²) in [6.45, 7) is 1.37. The molecule has 1 aromatic carbocycles. The van der Waals surface area contributed by atoms with Gasteiger partial charge in [0.05, 0.1) is 16.2 Å². The number of nitriles is 1. The van der Waals surface area contributed by atoms with E-state index in [0.29, 0.717) is 17.0 Å². The van der Waals surface area contributed by atoms with Crippen LogP contribution in [0.25, 0.3) is 0 Å². The largest absolute Gasteiger partial charge is 0.448 e. The van der Waals surface area contributed by atoms with Crippen LogP contribution in [0.2, 0.25) is 0 Å². The van der Waals surface area contributed by atoms with E-state index in [2.05, 4.69) is 5.32 Å². The lowest BCUT2D eigenvalue weighted by molar-refractivity contribution is -0.380. The van der Waals surface area contributed by atoms with Crippen LogP contribution < -0.4 is 5.32 Å². The van der Waals surface area contributed by atoms with Crippen LogP contribution in [0.4, 0.5) is 10.7 Å². The van der Waals surface area contributed by atoms with Crippen LogP contribution >= 0.6 is 11.3 Å². The summed E-state index contributed by atoms with van der Waals surface area (Å²) in [6.07, 6.45) is -1.13.